The Hall–Kier alpha value is -1.09. The van der Waals surface area contributed by atoms with Crippen LogP contribution in [0.1, 0.15) is 11.5 Å². The third kappa shape index (κ3) is 1.25. The second-order valence-electron chi connectivity index (χ2n) is 2.14. The topological polar surface area (TPSA) is 52.0 Å². The van der Waals surface area contributed by atoms with Gasteiger partial charge < -0.3 is 10.3 Å². The fourth-order valence-corrected chi connectivity index (χ4v) is 0.631. The number of rotatable bonds is 2. The highest BCUT2D eigenvalue weighted by atomic mass is 16.5. The molecule has 2 N–H and O–H groups in total. The van der Waals surface area contributed by atoms with Gasteiger partial charge in [0.1, 0.15) is 0 Å². The maximum atomic E-state index is 5.33. The first-order chi connectivity index (χ1) is 4.74. The third-order valence-electron chi connectivity index (χ3n) is 1.22. The van der Waals surface area contributed by atoms with Crippen molar-refractivity contribution >= 4 is 5.57 Å². The Bertz CT molecular complexity index is 240. The van der Waals surface area contributed by atoms with E-state index >= 15 is 0 Å². The molecule has 0 spiro atoms. The lowest BCUT2D eigenvalue weighted by Crippen LogP contribution is -1.99. The molecular formula is C7H10N2O. The molecule has 0 unspecified atom stereocenters. The van der Waals surface area contributed by atoms with E-state index in [1.54, 1.807) is 0 Å². The van der Waals surface area contributed by atoms with Crippen molar-refractivity contribution in [2.45, 2.75) is 6.92 Å². The summed E-state index contributed by atoms with van der Waals surface area (Å²) in [5.74, 6) is 0.681. The molecule has 0 bridgehead atoms. The Morgan fingerprint density at radius 1 is 1.90 bits per heavy atom. The number of aryl methyl sites for hydroxylation is 1. The van der Waals surface area contributed by atoms with Crippen molar-refractivity contribution < 1.29 is 4.52 Å². The maximum Gasteiger partial charge on any atom is 0.163 e. The molecule has 54 valence electrons. The second kappa shape index (κ2) is 2.66. The van der Waals surface area contributed by atoms with E-state index in [1.165, 1.54) is 0 Å². The SMILES string of the molecule is C=C(CN)c1cc(C)no1. The number of nitrogens with two attached hydrogens (primary N) is 1. The fourth-order valence-electron chi connectivity index (χ4n) is 0.631. The molecule has 1 rings (SSSR count). The molecule has 0 aliphatic rings. The number of hydrogen-bond acceptors (Lipinski definition) is 3. The van der Waals surface area contributed by atoms with Gasteiger partial charge in [-0.15, -0.1) is 0 Å². The molecule has 3 heteroatoms. The highest BCUT2D eigenvalue weighted by molar-refractivity contribution is 5.59. The van der Waals surface area contributed by atoms with E-state index in [1.807, 2.05) is 13.0 Å². The van der Waals surface area contributed by atoms with Crippen molar-refractivity contribution in [3.05, 3.63) is 24.1 Å². The van der Waals surface area contributed by atoms with Gasteiger partial charge in [-0.3, -0.25) is 0 Å². The predicted molar refractivity (Wildman–Crippen MR) is 39.3 cm³/mol. The van der Waals surface area contributed by atoms with E-state index in [0.717, 1.165) is 11.3 Å². The fraction of sp³-hybridized carbons (Fsp3) is 0.286. The van der Waals surface area contributed by atoms with Gasteiger partial charge in [0.15, 0.2) is 5.76 Å². The van der Waals surface area contributed by atoms with Crippen LogP contribution in [0.3, 0.4) is 0 Å². The van der Waals surface area contributed by atoms with Crippen molar-refractivity contribution in [3.63, 3.8) is 0 Å². The minimum Gasteiger partial charge on any atom is -0.356 e. The molecule has 0 aliphatic heterocycles. The largest absolute Gasteiger partial charge is 0.356 e. The van der Waals surface area contributed by atoms with Crippen molar-refractivity contribution in [1.82, 2.24) is 5.16 Å². The molecule has 1 aromatic rings. The highest BCUT2D eigenvalue weighted by Crippen LogP contribution is 2.10. The Balaban J connectivity index is 2.85. The molecule has 0 saturated heterocycles. The Morgan fingerprint density at radius 2 is 2.60 bits per heavy atom. The summed E-state index contributed by atoms with van der Waals surface area (Å²) in [4.78, 5) is 0. The van der Waals surface area contributed by atoms with Crippen LogP contribution in [0, 0.1) is 6.92 Å². The first-order valence-electron chi connectivity index (χ1n) is 3.05. The zero-order chi connectivity index (χ0) is 7.56. The smallest absolute Gasteiger partial charge is 0.163 e. The van der Waals surface area contributed by atoms with Gasteiger partial charge in [0.05, 0.1) is 5.69 Å². The van der Waals surface area contributed by atoms with Gasteiger partial charge in [-0.2, -0.15) is 0 Å². The van der Waals surface area contributed by atoms with Gasteiger partial charge >= 0.3 is 0 Å². The van der Waals surface area contributed by atoms with Gasteiger partial charge in [0, 0.05) is 18.2 Å². The van der Waals surface area contributed by atoms with E-state index in [9.17, 15) is 0 Å². The van der Waals surface area contributed by atoms with Gasteiger partial charge in [-0.1, -0.05) is 11.7 Å². The zero-order valence-corrected chi connectivity index (χ0v) is 5.92. The summed E-state index contributed by atoms with van der Waals surface area (Å²) >= 11 is 0. The zero-order valence-electron chi connectivity index (χ0n) is 5.92. The van der Waals surface area contributed by atoms with E-state index in [2.05, 4.69) is 11.7 Å². The van der Waals surface area contributed by atoms with E-state index in [-0.39, 0.29) is 0 Å². The Morgan fingerprint density at radius 3 is 3.00 bits per heavy atom. The first kappa shape index (κ1) is 7.02. The molecule has 1 heterocycles. The quantitative estimate of drug-likeness (QED) is 0.662. The molecule has 0 fully saturated rings. The Kier molecular flexibility index (Phi) is 1.87. The van der Waals surface area contributed by atoms with Crippen molar-refractivity contribution in [2.75, 3.05) is 6.54 Å². The summed E-state index contributed by atoms with van der Waals surface area (Å²) in [5.41, 5.74) is 6.96. The van der Waals surface area contributed by atoms with E-state index in [0.29, 0.717) is 12.3 Å². The monoisotopic (exact) mass is 138 g/mol. The van der Waals surface area contributed by atoms with Gasteiger partial charge in [-0.25, -0.2) is 0 Å². The molecule has 0 aromatic carbocycles. The first-order valence-corrected chi connectivity index (χ1v) is 3.05. The molecule has 1 aromatic heterocycles. The number of aromatic nitrogens is 1. The molecular weight excluding hydrogens is 128 g/mol. The van der Waals surface area contributed by atoms with Crippen LogP contribution >= 0.6 is 0 Å². The minimum atomic E-state index is 0.411. The molecule has 0 saturated carbocycles. The summed E-state index contributed by atoms with van der Waals surface area (Å²) in [6.07, 6.45) is 0. The van der Waals surface area contributed by atoms with Gasteiger partial charge in [-0.05, 0) is 6.92 Å². The third-order valence-corrected chi connectivity index (χ3v) is 1.22. The standard InChI is InChI=1S/C7H10N2O/c1-5(4-8)7-3-6(2)9-10-7/h3H,1,4,8H2,2H3. The van der Waals surface area contributed by atoms with E-state index in [4.69, 9.17) is 10.3 Å². The van der Waals surface area contributed by atoms with Crippen LogP contribution < -0.4 is 5.73 Å². The normalized spacial score (nSPS) is 9.80. The molecule has 3 nitrogen and oxygen atoms in total. The average molecular weight is 138 g/mol. The van der Waals surface area contributed by atoms with Crippen molar-refractivity contribution in [1.29, 1.82) is 0 Å². The highest BCUT2D eigenvalue weighted by Gasteiger charge is 2.01. The summed E-state index contributed by atoms with van der Waals surface area (Å²) in [7, 11) is 0. The number of hydrogen-bond donors (Lipinski definition) is 1. The van der Waals surface area contributed by atoms with Crippen LogP contribution in [0.25, 0.3) is 5.57 Å². The van der Waals surface area contributed by atoms with Crippen LogP contribution in [0.2, 0.25) is 0 Å². The van der Waals surface area contributed by atoms with Crippen molar-refractivity contribution in [2.24, 2.45) is 5.73 Å². The summed E-state index contributed by atoms with van der Waals surface area (Å²) in [5, 5.41) is 3.69. The van der Waals surface area contributed by atoms with Crippen LogP contribution in [-0.4, -0.2) is 11.7 Å². The summed E-state index contributed by atoms with van der Waals surface area (Å²) in [6, 6.07) is 1.81. The molecule has 0 atom stereocenters. The predicted octanol–water partition coefficient (Wildman–Crippen LogP) is 0.955. The van der Waals surface area contributed by atoms with Crippen LogP contribution in [0.5, 0.6) is 0 Å². The lowest BCUT2D eigenvalue weighted by Gasteiger charge is -1.91. The van der Waals surface area contributed by atoms with Crippen LogP contribution in [-0.2, 0) is 0 Å². The van der Waals surface area contributed by atoms with Crippen LogP contribution in [0.4, 0.5) is 0 Å². The molecule has 10 heavy (non-hydrogen) atoms. The van der Waals surface area contributed by atoms with E-state index < -0.39 is 0 Å². The average Bonchev–Trinajstić information content (AvgIpc) is 2.34. The lowest BCUT2D eigenvalue weighted by molar-refractivity contribution is 0.405. The molecule has 0 aliphatic carbocycles. The molecule has 0 radical (unpaired) electrons. The maximum absolute atomic E-state index is 5.33. The molecule has 0 amide bonds. The van der Waals surface area contributed by atoms with Gasteiger partial charge in [0.2, 0.25) is 0 Å². The van der Waals surface area contributed by atoms with Crippen LogP contribution in [0.15, 0.2) is 17.2 Å². The lowest BCUT2D eigenvalue weighted by atomic mass is 10.2. The number of nitrogens with zero attached hydrogens (tertiary/aromatic N) is 1. The Labute approximate surface area is 59.5 Å². The van der Waals surface area contributed by atoms with Gasteiger partial charge in [0.25, 0.3) is 0 Å². The van der Waals surface area contributed by atoms with Crippen molar-refractivity contribution in [3.8, 4) is 0 Å². The summed E-state index contributed by atoms with van der Waals surface area (Å²) < 4.78 is 4.89. The summed E-state index contributed by atoms with van der Waals surface area (Å²) in [6.45, 7) is 5.97. The second-order valence-corrected chi connectivity index (χ2v) is 2.14. The minimum absolute atomic E-state index is 0.411.